The van der Waals surface area contributed by atoms with E-state index < -0.39 is 0 Å². The molecule has 13 heavy (non-hydrogen) atoms. The maximum absolute atomic E-state index is 4.06. The summed E-state index contributed by atoms with van der Waals surface area (Å²) in [6, 6.07) is 2.02. The van der Waals surface area contributed by atoms with Crippen molar-refractivity contribution >= 4 is 21.6 Å². The second-order valence-electron chi connectivity index (χ2n) is 2.78. The van der Waals surface area contributed by atoms with Crippen molar-refractivity contribution in [2.75, 3.05) is 25.5 Å². The van der Waals surface area contributed by atoms with Gasteiger partial charge in [-0.1, -0.05) is 0 Å². The summed E-state index contributed by atoms with van der Waals surface area (Å²) in [6.45, 7) is 2.01. The summed E-state index contributed by atoms with van der Waals surface area (Å²) in [5, 5.41) is 6.39. The highest BCUT2D eigenvalue weighted by Gasteiger charge is 1.92. The van der Waals surface area contributed by atoms with Crippen LogP contribution in [0.3, 0.4) is 0 Å². The highest BCUT2D eigenvalue weighted by molar-refractivity contribution is 9.10. The molecule has 1 rings (SSSR count). The molecule has 0 unspecified atom stereocenters. The molecule has 0 aliphatic rings. The first kappa shape index (κ1) is 10.5. The van der Waals surface area contributed by atoms with Gasteiger partial charge in [0.25, 0.3) is 0 Å². The van der Waals surface area contributed by atoms with Gasteiger partial charge in [0.2, 0.25) is 0 Å². The number of anilines is 1. The summed E-state index contributed by atoms with van der Waals surface area (Å²) < 4.78 is 1.01. The minimum absolute atomic E-state index is 0.971. The molecule has 3 nitrogen and oxygen atoms in total. The third kappa shape index (κ3) is 4.24. The number of hydrogen-bond donors (Lipinski definition) is 2. The molecule has 0 fully saturated rings. The van der Waals surface area contributed by atoms with Crippen molar-refractivity contribution in [3.05, 3.63) is 22.9 Å². The summed E-state index contributed by atoms with van der Waals surface area (Å²) in [5.74, 6) is 0. The van der Waals surface area contributed by atoms with E-state index in [9.17, 15) is 0 Å². The summed E-state index contributed by atoms with van der Waals surface area (Å²) in [4.78, 5) is 4.06. The molecule has 0 spiro atoms. The van der Waals surface area contributed by atoms with Crippen LogP contribution in [0.5, 0.6) is 0 Å². The van der Waals surface area contributed by atoms with Gasteiger partial charge in [0.1, 0.15) is 0 Å². The van der Waals surface area contributed by atoms with Crippen molar-refractivity contribution in [2.24, 2.45) is 0 Å². The number of hydrogen-bond acceptors (Lipinski definition) is 3. The molecule has 0 aliphatic carbocycles. The van der Waals surface area contributed by atoms with Gasteiger partial charge in [0, 0.05) is 17.2 Å². The molecule has 1 heterocycles. The van der Waals surface area contributed by atoms with Gasteiger partial charge in [-0.25, -0.2) is 0 Å². The third-order valence-electron chi connectivity index (χ3n) is 1.64. The normalized spacial score (nSPS) is 10.0. The number of nitrogens with zero attached hydrogens (tertiary/aromatic N) is 1. The lowest BCUT2D eigenvalue weighted by Crippen LogP contribution is -2.12. The first-order valence-corrected chi connectivity index (χ1v) is 5.11. The Morgan fingerprint density at radius 1 is 1.38 bits per heavy atom. The fraction of sp³-hybridized carbons (Fsp3) is 0.444. The SMILES string of the molecule is CNCCCNc1cncc(Br)c1. The van der Waals surface area contributed by atoms with Crippen LogP contribution < -0.4 is 10.6 Å². The molecule has 2 N–H and O–H groups in total. The number of aromatic nitrogens is 1. The Kier molecular flexibility index (Phi) is 4.78. The van der Waals surface area contributed by atoms with Crippen molar-refractivity contribution in [1.82, 2.24) is 10.3 Å². The lowest BCUT2D eigenvalue weighted by molar-refractivity contribution is 0.748. The summed E-state index contributed by atoms with van der Waals surface area (Å²) in [6.07, 6.45) is 4.71. The van der Waals surface area contributed by atoms with E-state index in [1.807, 2.05) is 19.3 Å². The van der Waals surface area contributed by atoms with E-state index in [1.54, 1.807) is 6.20 Å². The second kappa shape index (κ2) is 5.94. The zero-order valence-electron chi connectivity index (χ0n) is 7.68. The molecule has 1 aromatic rings. The zero-order valence-corrected chi connectivity index (χ0v) is 9.26. The topological polar surface area (TPSA) is 37.0 Å². The lowest BCUT2D eigenvalue weighted by Gasteiger charge is -2.05. The van der Waals surface area contributed by atoms with Gasteiger partial charge >= 0.3 is 0 Å². The molecular weight excluding hydrogens is 230 g/mol. The van der Waals surface area contributed by atoms with Crippen LogP contribution >= 0.6 is 15.9 Å². The van der Waals surface area contributed by atoms with E-state index in [0.29, 0.717) is 0 Å². The minimum Gasteiger partial charge on any atom is -0.384 e. The van der Waals surface area contributed by atoms with Crippen LogP contribution in [0.15, 0.2) is 22.9 Å². The molecule has 0 amide bonds. The first-order chi connectivity index (χ1) is 6.33. The van der Waals surface area contributed by atoms with Gasteiger partial charge in [-0.15, -0.1) is 0 Å². The Labute approximate surface area is 87.1 Å². The number of nitrogens with one attached hydrogen (secondary N) is 2. The van der Waals surface area contributed by atoms with E-state index in [1.165, 1.54) is 0 Å². The largest absolute Gasteiger partial charge is 0.384 e. The van der Waals surface area contributed by atoms with Crippen LogP contribution in [0.25, 0.3) is 0 Å². The predicted octanol–water partition coefficient (Wildman–Crippen LogP) is 1.87. The third-order valence-corrected chi connectivity index (χ3v) is 2.07. The van der Waals surface area contributed by atoms with Crippen molar-refractivity contribution in [3.8, 4) is 0 Å². The molecule has 0 aromatic carbocycles. The number of halogens is 1. The van der Waals surface area contributed by atoms with Gasteiger partial charge in [0.05, 0.1) is 11.9 Å². The van der Waals surface area contributed by atoms with Crippen LogP contribution in [-0.2, 0) is 0 Å². The van der Waals surface area contributed by atoms with Crippen molar-refractivity contribution in [1.29, 1.82) is 0 Å². The van der Waals surface area contributed by atoms with E-state index in [0.717, 1.165) is 29.7 Å². The van der Waals surface area contributed by atoms with Gasteiger partial charge in [-0.2, -0.15) is 0 Å². The molecule has 0 saturated carbocycles. The minimum atomic E-state index is 0.971. The lowest BCUT2D eigenvalue weighted by atomic mass is 10.4. The molecule has 0 radical (unpaired) electrons. The zero-order chi connectivity index (χ0) is 9.52. The number of rotatable bonds is 5. The Bertz CT molecular complexity index is 252. The van der Waals surface area contributed by atoms with E-state index in [-0.39, 0.29) is 0 Å². The van der Waals surface area contributed by atoms with Crippen LogP contribution in [0.1, 0.15) is 6.42 Å². The van der Waals surface area contributed by atoms with Crippen molar-refractivity contribution in [3.63, 3.8) is 0 Å². The Morgan fingerprint density at radius 2 is 2.23 bits per heavy atom. The first-order valence-electron chi connectivity index (χ1n) is 4.32. The molecule has 4 heteroatoms. The molecule has 0 saturated heterocycles. The van der Waals surface area contributed by atoms with Gasteiger partial charge in [0.15, 0.2) is 0 Å². The molecule has 0 atom stereocenters. The molecule has 0 bridgehead atoms. The van der Waals surface area contributed by atoms with Gasteiger partial charge < -0.3 is 10.6 Å². The Hall–Kier alpha value is -0.610. The second-order valence-corrected chi connectivity index (χ2v) is 3.69. The fourth-order valence-electron chi connectivity index (χ4n) is 1.01. The van der Waals surface area contributed by atoms with E-state index in [4.69, 9.17) is 0 Å². The predicted molar refractivity (Wildman–Crippen MR) is 59.0 cm³/mol. The monoisotopic (exact) mass is 243 g/mol. The molecule has 0 aliphatic heterocycles. The van der Waals surface area contributed by atoms with Crippen LogP contribution in [-0.4, -0.2) is 25.1 Å². The fourth-order valence-corrected chi connectivity index (χ4v) is 1.37. The smallest absolute Gasteiger partial charge is 0.0538 e. The van der Waals surface area contributed by atoms with Crippen LogP contribution in [0.4, 0.5) is 5.69 Å². The average Bonchev–Trinajstić information content (AvgIpc) is 2.13. The van der Waals surface area contributed by atoms with Crippen LogP contribution in [0.2, 0.25) is 0 Å². The average molecular weight is 244 g/mol. The van der Waals surface area contributed by atoms with Gasteiger partial charge in [-0.05, 0) is 42.0 Å². The van der Waals surface area contributed by atoms with Crippen molar-refractivity contribution < 1.29 is 0 Å². The molecule has 1 aromatic heterocycles. The Morgan fingerprint density at radius 3 is 2.92 bits per heavy atom. The van der Waals surface area contributed by atoms with E-state index in [2.05, 4.69) is 31.5 Å². The highest BCUT2D eigenvalue weighted by atomic mass is 79.9. The standard InChI is InChI=1S/C9H14BrN3/c1-11-3-2-4-13-9-5-8(10)6-12-7-9/h5-7,11,13H,2-4H2,1H3. The maximum atomic E-state index is 4.06. The molecule has 72 valence electrons. The maximum Gasteiger partial charge on any atom is 0.0538 e. The summed E-state index contributed by atoms with van der Waals surface area (Å²) in [5.41, 5.74) is 1.06. The van der Waals surface area contributed by atoms with Crippen LogP contribution in [0, 0.1) is 0 Å². The van der Waals surface area contributed by atoms with Gasteiger partial charge in [-0.3, -0.25) is 4.98 Å². The molecular formula is C9H14BrN3. The summed E-state index contributed by atoms with van der Waals surface area (Å²) >= 11 is 3.37. The van der Waals surface area contributed by atoms with Crippen molar-refractivity contribution in [2.45, 2.75) is 6.42 Å². The Balaban J connectivity index is 2.28. The summed E-state index contributed by atoms with van der Waals surface area (Å²) in [7, 11) is 1.96. The number of pyridine rings is 1. The highest BCUT2D eigenvalue weighted by Crippen LogP contribution is 2.13. The van der Waals surface area contributed by atoms with E-state index >= 15 is 0 Å². The quantitative estimate of drug-likeness (QED) is 0.776.